The number of carboxylic acid groups (broad SMARTS) is 1. The molecule has 4 heterocycles. The van der Waals surface area contributed by atoms with Crippen LogP contribution in [0.4, 0.5) is 21.2 Å². The quantitative estimate of drug-likeness (QED) is 0.469. The first-order chi connectivity index (χ1) is 18.1. The van der Waals surface area contributed by atoms with E-state index in [0.29, 0.717) is 31.7 Å². The van der Waals surface area contributed by atoms with Gasteiger partial charge in [-0.05, 0) is 55.8 Å². The van der Waals surface area contributed by atoms with Gasteiger partial charge in [0.15, 0.2) is 11.5 Å². The van der Waals surface area contributed by atoms with E-state index in [9.17, 15) is 14.7 Å². The summed E-state index contributed by atoms with van der Waals surface area (Å²) in [7, 11) is 0. The maximum absolute atomic E-state index is 12.3. The highest BCUT2D eigenvalue weighted by molar-refractivity contribution is 6.28. The number of carbonyl (C=O) groups excluding carboxylic acids is 1. The highest BCUT2D eigenvalue weighted by Gasteiger charge is 2.38. The van der Waals surface area contributed by atoms with E-state index in [2.05, 4.69) is 52.1 Å². The molecule has 210 valence electrons. The number of nitrogens with one attached hydrogen (secondary N) is 1. The minimum Gasteiger partial charge on any atom is -0.465 e. The van der Waals surface area contributed by atoms with Gasteiger partial charge in [0.25, 0.3) is 0 Å². The van der Waals surface area contributed by atoms with Gasteiger partial charge in [-0.2, -0.15) is 4.98 Å². The first kappa shape index (κ1) is 28.3. The van der Waals surface area contributed by atoms with Crippen LogP contribution < -0.4 is 10.2 Å². The minimum atomic E-state index is -0.893. The Labute approximate surface area is 232 Å². The summed E-state index contributed by atoms with van der Waals surface area (Å²) in [6, 6.07) is 1.90. The molecule has 1 aliphatic rings. The highest BCUT2D eigenvalue weighted by atomic mass is 35.5. The molecule has 0 radical (unpaired) electrons. The number of fused-ring (bicyclic) bond motifs is 1. The Morgan fingerprint density at radius 1 is 1.15 bits per heavy atom. The van der Waals surface area contributed by atoms with E-state index in [4.69, 9.17) is 21.3 Å². The maximum atomic E-state index is 12.3. The van der Waals surface area contributed by atoms with Gasteiger partial charge in [-0.3, -0.25) is 5.32 Å². The van der Waals surface area contributed by atoms with Crippen LogP contribution in [-0.4, -0.2) is 78.0 Å². The van der Waals surface area contributed by atoms with Gasteiger partial charge in [-0.1, -0.05) is 26.8 Å². The number of nitrogens with zero attached hydrogens (tertiary/aromatic N) is 7. The monoisotopic (exact) mass is 558 g/mol. The van der Waals surface area contributed by atoms with Gasteiger partial charge in [0, 0.05) is 32.3 Å². The lowest BCUT2D eigenvalue weighted by atomic mass is 9.84. The summed E-state index contributed by atoms with van der Waals surface area (Å²) in [4.78, 5) is 41.0. The first-order valence-corrected chi connectivity index (χ1v) is 13.1. The zero-order valence-corrected chi connectivity index (χ0v) is 24.1. The largest absolute Gasteiger partial charge is 0.465 e. The number of imidazole rings is 1. The molecule has 13 heteroatoms. The molecule has 0 bridgehead atoms. The molecule has 39 heavy (non-hydrogen) atoms. The number of anilines is 2. The lowest BCUT2D eigenvalue weighted by molar-refractivity contribution is 0.0635. The summed E-state index contributed by atoms with van der Waals surface area (Å²) in [5, 5.41) is 16.5. The molecule has 1 saturated heterocycles. The molecule has 12 nitrogen and oxygen atoms in total. The Morgan fingerprint density at radius 3 is 2.49 bits per heavy atom. The van der Waals surface area contributed by atoms with E-state index in [1.807, 2.05) is 6.92 Å². The molecule has 1 atom stereocenters. The van der Waals surface area contributed by atoms with Crippen molar-refractivity contribution in [3.63, 3.8) is 0 Å². The van der Waals surface area contributed by atoms with Crippen molar-refractivity contribution in [3.8, 4) is 0 Å². The number of hydrogen-bond donors (Lipinski definition) is 2. The van der Waals surface area contributed by atoms with Crippen LogP contribution in [0.15, 0.2) is 18.5 Å². The molecule has 1 fully saturated rings. The number of halogens is 1. The maximum Gasteiger partial charge on any atom is 0.413 e. The third kappa shape index (κ3) is 6.49. The molecule has 0 saturated carbocycles. The highest BCUT2D eigenvalue weighted by Crippen LogP contribution is 2.31. The Bertz CT molecular complexity index is 1400. The van der Waals surface area contributed by atoms with Gasteiger partial charge in [-0.15, -0.1) is 5.10 Å². The van der Waals surface area contributed by atoms with Crippen LogP contribution in [0.25, 0.3) is 5.65 Å². The van der Waals surface area contributed by atoms with Crippen molar-refractivity contribution in [2.75, 3.05) is 29.9 Å². The van der Waals surface area contributed by atoms with Gasteiger partial charge < -0.3 is 19.6 Å². The van der Waals surface area contributed by atoms with E-state index in [-0.39, 0.29) is 22.6 Å². The second-order valence-electron chi connectivity index (χ2n) is 11.8. The van der Waals surface area contributed by atoms with Gasteiger partial charge in [0.1, 0.15) is 11.4 Å². The Morgan fingerprint density at radius 2 is 1.87 bits per heavy atom. The topological polar surface area (TPSA) is 138 Å². The van der Waals surface area contributed by atoms with E-state index in [1.54, 1.807) is 37.7 Å². The molecule has 2 N–H and O–H groups in total. The van der Waals surface area contributed by atoms with E-state index < -0.39 is 17.8 Å². The second-order valence-corrected chi connectivity index (χ2v) is 12.1. The molecule has 3 aromatic heterocycles. The summed E-state index contributed by atoms with van der Waals surface area (Å²) in [6.07, 6.45) is 2.36. The van der Waals surface area contributed by atoms with E-state index in [1.165, 1.54) is 4.90 Å². The normalized spacial score (nSPS) is 16.5. The molecule has 1 aliphatic heterocycles. The van der Waals surface area contributed by atoms with E-state index >= 15 is 0 Å². The number of carbonyl (C=O) groups is 2. The van der Waals surface area contributed by atoms with Gasteiger partial charge in [0.05, 0.1) is 17.9 Å². The van der Waals surface area contributed by atoms with Gasteiger partial charge in [0.2, 0.25) is 5.28 Å². The van der Waals surface area contributed by atoms with Crippen LogP contribution in [0.1, 0.15) is 58.4 Å². The van der Waals surface area contributed by atoms with Crippen LogP contribution in [0, 0.1) is 12.3 Å². The Kier molecular flexibility index (Phi) is 7.61. The van der Waals surface area contributed by atoms with Crippen LogP contribution in [0.3, 0.4) is 0 Å². The van der Waals surface area contributed by atoms with Gasteiger partial charge in [-0.25, -0.2) is 24.1 Å². The molecule has 0 aliphatic carbocycles. The van der Waals surface area contributed by atoms with Crippen molar-refractivity contribution in [1.29, 1.82) is 0 Å². The number of amides is 2. The molecule has 4 rings (SSSR count). The predicted octanol–water partition coefficient (Wildman–Crippen LogP) is 4.63. The number of hydrogen-bond acceptors (Lipinski definition) is 8. The van der Waals surface area contributed by atoms with Crippen molar-refractivity contribution in [1.82, 2.24) is 29.5 Å². The fraction of sp³-hybridized carbons (Fsp3) is 0.538. The number of aromatic nitrogens is 5. The van der Waals surface area contributed by atoms with E-state index in [0.717, 1.165) is 22.6 Å². The van der Waals surface area contributed by atoms with Crippen molar-refractivity contribution in [2.45, 2.75) is 66.5 Å². The number of rotatable bonds is 4. The minimum absolute atomic E-state index is 0.0497. The Hall–Kier alpha value is -3.67. The summed E-state index contributed by atoms with van der Waals surface area (Å²) >= 11 is 6.16. The zero-order valence-electron chi connectivity index (χ0n) is 23.3. The fourth-order valence-corrected chi connectivity index (χ4v) is 4.87. The van der Waals surface area contributed by atoms with Crippen LogP contribution >= 0.6 is 11.6 Å². The zero-order chi connectivity index (χ0) is 28.7. The molecular formula is C26H35ClN8O4. The smallest absolute Gasteiger partial charge is 0.413 e. The molecular weight excluding hydrogens is 524 g/mol. The SMILES string of the molecule is Cc1cc(Cc2cnc3c(NC(=O)OC(C)(C)C)nc(Cl)nn23)cnc1N1CCN(C(=O)O)C(C(C)(C)C)C1. The van der Waals surface area contributed by atoms with Crippen LogP contribution in [-0.2, 0) is 11.2 Å². The fourth-order valence-electron chi connectivity index (χ4n) is 4.71. The standard InChI is InChI=1S/C26H35ClN8O4/c1-15-10-16(12-28-20(15)33-8-9-34(24(37)38)18(14-33)25(2,3)4)11-17-13-29-21-19(30-22(27)32-35(17)21)31-23(36)39-26(5,6)7/h10,12-13,18H,8-9,11,14H2,1-7H3,(H,37,38)(H,30,31,32,36). The Balaban J connectivity index is 1.55. The van der Waals surface area contributed by atoms with Crippen molar-refractivity contribution in [3.05, 3.63) is 40.6 Å². The molecule has 1 unspecified atom stereocenters. The third-order valence-electron chi connectivity index (χ3n) is 6.44. The second kappa shape index (κ2) is 10.5. The number of pyridine rings is 1. The average molecular weight is 559 g/mol. The van der Waals surface area contributed by atoms with Crippen LogP contribution in [0.2, 0.25) is 5.28 Å². The molecule has 0 spiro atoms. The third-order valence-corrected chi connectivity index (χ3v) is 6.60. The van der Waals surface area contributed by atoms with Crippen LogP contribution in [0.5, 0.6) is 0 Å². The van der Waals surface area contributed by atoms with Crippen molar-refractivity contribution in [2.24, 2.45) is 5.41 Å². The summed E-state index contributed by atoms with van der Waals surface area (Å²) < 4.78 is 6.86. The molecule has 0 aromatic carbocycles. The van der Waals surface area contributed by atoms with Crippen molar-refractivity contribution < 1.29 is 19.4 Å². The predicted molar refractivity (Wildman–Crippen MR) is 148 cm³/mol. The average Bonchev–Trinajstić information content (AvgIpc) is 3.19. The van der Waals surface area contributed by atoms with Gasteiger partial charge >= 0.3 is 12.2 Å². The molecule has 3 aromatic rings. The molecule has 2 amide bonds. The van der Waals surface area contributed by atoms with Crippen molar-refractivity contribution >= 4 is 41.1 Å². The summed E-state index contributed by atoms with van der Waals surface area (Å²) in [6.45, 7) is 15.0. The first-order valence-electron chi connectivity index (χ1n) is 12.7. The number of aryl methyl sites for hydroxylation is 1. The lowest BCUT2D eigenvalue weighted by Crippen LogP contribution is -2.59. The number of ether oxygens (including phenoxy) is 1. The number of piperazine rings is 1. The lowest BCUT2D eigenvalue weighted by Gasteiger charge is -2.46. The summed E-state index contributed by atoms with van der Waals surface area (Å²) in [5.41, 5.74) is 2.11. The summed E-state index contributed by atoms with van der Waals surface area (Å²) in [5.74, 6) is 0.986.